The number of nitrogens with zero attached hydrogens (tertiary/aromatic N) is 3. The molecule has 2 aromatic heterocycles. The number of aromatic nitrogens is 2. The summed E-state index contributed by atoms with van der Waals surface area (Å²) in [5.74, 6) is -0.853. The summed E-state index contributed by atoms with van der Waals surface area (Å²) >= 11 is 1.33. The SMILES string of the molecule is C.[C-]#[N+]c1ccncc1-c1ccc2nc(NC(=O)[C@@H]3C[C@@H]3F)sc2c1. The van der Waals surface area contributed by atoms with Crippen LogP contribution < -0.4 is 5.32 Å². The van der Waals surface area contributed by atoms with E-state index in [1.807, 2.05) is 18.2 Å². The zero-order chi connectivity index (χ0) is 16.7. The van der Waals surface area contributed by atoms with Crippen LogP contribution >= 0.6 is 11.3 Å². The van der Waals surface area contributed by atoms with E-state index in [1.54, 1.807) is 18.5 Å². The van der Waals surface area contributed by atoms with Crippen LogP contribution in [0.1, 0.15) is 13.8 Å². The number of carbonyl (C=O) groups is 1. The highest BCUT2D eigenvalue weighted by Gasteiger charge is 2.43. The van der Waals surface area contributed by atoms with Crippen molar-refractivity contribution in [3.63, 3.8) is 0 Å². The maximum absolute atomic E-state index is 12.9. The van der Waals surface area contributed by atoms with Crippen LogP contribution in [-0.2, 0) is 4.79 Å². The lowest BCUT2D eigenvalue weighted by Crippen LogP contribution is -2.14. The first-order valence-corrected chi connectivity index (χ1v) is 8.15. The predicted octanol–water partition coefficient (Wildman–Crippen LogP) is 4.84. The van der Waals surface area contributed by atoms with Gasteiger partial charge in [0.05, 0.1) is 22.7 Å². The fourth-order valence-corrected chi connectivity index (χ4v) is 3.39. The molecular weight excluding hydrogens is 339 g/mol. The second kappa shape index (κ2) is 6.57. The predicted molar refractivity (Wildman–Crippen MR) is 97.5 cm³/mol. The van der Waals surface area contributed by atoms with E-state index in [9.17, 15) is 9.18 Å². The molecule has 1 fully saturated rings. The molecule has 1 amide bonds. The molecule has 25 heavy (non-hydrogen) atoms. The Morgan fingerprint density at radius 3 is 2.92 bits per heavy atom. The summed E-state index contributed by atoms with van der Waals surface area (Å²) < 4.78 is 13.8. The lowest BCUT2D eigenvalue weighted by atomic mass is 10.1. The van der Waals surface area contributed by atoms with E-state index in [2.05, 4.69) is 20.1 Å². The van der Waals surface area contributed by atoms with Crippen LogP contribution in [-0.4, -0.2) is 22.0 Å². The van der Waals surface area contributed by atoms with E-state index in [0.717, 1.165) is 21.3 Å². The van der Waals surface area contributed by atoms with Crippen molar-refractivity contribution in [1.29, 1.82) is 0 Å². The van der Waals surface area contributed by atoms with Crippen LogP contribution in [0.25, 0.3) is 26.2 Å². The van der Waals surface area contributed by atoms with Gasteiger partial charge in [-0.15, -0.1) is 0 Å². The minimum Gasteiger partial charge on any atom is -0.302 e. The van der Waals surface area contributed by atoms with Gasteiger partial charge in [0.15, 0.2) is 10.8 Å². The molecule has 7 heteroatoms. The lowest BCUT2D eigenvalue weighted by molar-refractivity contribution is -0.117. The van der Waals surface area contributed by atoms with E-state index in [1.165, 1.54) is 11.3 Å². The highest BCUT2D eigenvalue weighted by atomic mass is 32.1. The lowest BCUT2D eigenvalue weighted by Gasteiger charge is -2.03. The smallest absolute Gasteiger partial charge is 0.232 e. The van der Waals surface area contributed by atoms with Crippen molar-refractivity contribution in [2.45, 2.75) is 20.0 Å². The number of anilines is 1. The first-order valence-electron chi connectivity index (χ1n) is 7.33. The van der Waals surface area contributed by atoms with Gasteiger partial charge in [0.25, 0.3) is 0 Å². The van der Waals surface area contributed by atoms with Gasteiger partial charge >= 0.3 is 0 Å². The molecule has 3 aromatic rings. The summed E-state index contributed by atoms with van der Waals surface area (Å²) in [5, 5.41) is 3.13. The van der Waals surface area contributed by atoms with Crippen molar-refractivity contribution in [3.8, 4) is 11.1 Å². The van der Waals surface area contributed by atoms with Crippen LogP contribution in [0.15, 0.2) is 36.7 Å². The number of fused-ring (bicyclic) bond motifs is 1. The molecule has 0 saturated heterocycles. The average molecular weight is 354 g/mol. The van der Waals surface area contributed by atoms with Crippen molar-refractivity contribution < 1.29 is 9.18 Å². The Morgan fingerprint density at radius 2 is 2.20 bits per heavy atom. The summed E-state index contributed by atoms with van der Waals surface area (Å²) in [7, 11) is 0. The molecule has 0 bridgehead atoms. The van der Waals surface area contributed by atoms with E-state index in [0.29, 0.717) is 17.2 Å². The zero-order valence-electron chi connectivity index (χ0n) is 12.4. The van der Waals surface area contributed by atoms with Gasteiger partial charge in [-0.3, -0.25) is 9.78 Å². The third kappa shape index (κ3) is 3.21. The maximum Gasteiger partial charge on any atom is 0.232 e. The highest BCUT2D eigenvalue weighted by Crippen LogP contribution is 2.37. The van der Waals surface area contributed by atoms with Gasteiger partial charge < -0.3 is 5.32 Å². The zero-order valence-corrected chi connectivity index (χ0v) is 13.2. The molecule has 1 aliphatic rings. The molecule has 1 aliphatic carbocycles. The van der Waals surface area contributed by atoms with Crippen LogP contribution in [0.5, 0.6) is 0 Å². The normalized spacial score (nSPS) is 18.2. The average Bonchev–Trinajstić information content (AvgIpc) is 3.20. The second-order valence-corrected chi connectivity index (χ2v) is 6.58. The number of carbonyl (C=O) groups excluding carboxylic acids is 1. The van der Waals surface area contributed by atoms with Gasteiger partial charge in [0.1, 0.15) is 6.17 Å². The van der Waals surface area contributed by atoms with Gasteiger partial charge in [-0.2, -0.15) is 0 Å². The Kier molecular flexibility index (Phi) is 4.47. The summed E-state index contributed by atoms with van der Waals surface area (Å²) in [6.45, 7) is 7.25. The fraction of sp³-hybridized carbons (Fsp3) is 0.222. The number of benzene rings is 1. The van der Waals surface area contributed by atoms with Gasteiger partial charge in [0, 0.05) is 18.0 Å². The first kappa shape index (κ1) is 17.0. The summed E-state index contributed by atoms with van der Waals surface area (Å²) in [5.41, 5.74) is 2.91. The number of hydrogen-bond donors (Lipinski definition) is 1. The van der Waals surface area contributed by atoms with Crippen LogP contribution in [0, 0.1) is 12.5 Å². The Hall–Kier alpha value is -2.85. The van der Waals surface area contributed by atoms with E-state index in [4.69, 9.17) is 6.57 Å². The molecule has 1 saturated carbocycles. The Labute approximate surface area is 148 Å². The number of alkyl halides is 1. The van der Waals surface area contributed by atoms with Crippen molar-refractivity contribution in [2.24, 2.45) is 5.92 Å². The number of thiazole rings is 1. The number of rotatable bonds is 3. The molecule has 2 heterocycles. The minimum absolute atomic E-state index is 0. The van der Waals surface area contributed by atoms with Crippen molar-refractivity contribution in [1.82, 2.24) is 9.97 Å². The molecule has 0 unspecified atom stereocenters. The summed E-state index contributed by atoms with van der Waals surface area (Å²) in [4.78, 5) is 23.8. The van der Waals surface area contributed by atoms with Crippen molar-refractivity contribution >= 4 is 38.3 Å². The standard InChI is InChI=1S/C17H11FN4OS.CH4/c1-19-13-4-5-20-8-11(13)9-2-3-14-15(6-9)24-17(21-14)22-16(23)10-7-12(10)18;/h2-6,8,10,12H,7H2,(H,21,22,23);1H4/t10-,12+;/m1./s1. The van der Waals surface area contributed by atoms with Crippen LogP contribution in [0.4, 0.5) is 15.2 Å². The van der Waals surface area contributed by atoms with Gasteiger partial charge in [-0.25, -0.2) is 14.2 Å². The molecule has 1 aromatic carbocycles. The fourth-order valence-electron chi connectivity index (χ4n) is 2.49. The third-order valence-electron chi connectivity index (χ3n) is 3.90. The van der Waals surface area contributed by atoms with E-state index < -0.39 is 12.1 Å². The Balaban J connectivity index is 0.00000182. The number of hydrogen-bond acceptors (Lipinski definition) is 4. The molecular formula is C18H15FN4OS. The van der Waals surface area contributed by atoms with Crippen LogP contribution in [0.3, 0.4) is 0 Å². The van der Waals surface area contributed by atoms with E-state index in [-0.39, 0.29) is 13.3 Å². The summed E-state index contributed by atoms with van der Waals surface area (Å²) in [6, 6.07) is 7.31. The second-order valence-electron chi connectivity index (χ2n) is 5.55. The molecule has 2 atom stereocenters. The van der Waals surface area contributed by atoms with Crippen molar-refractivity contribution in [2.75, 3.05) is 5.32 Å². The topological polar surface area (TPSA) is 59.2 Å². The largest absolute Gasteiger partial charge is 0.302 e. The maximum atomic E-state index is 12.9. The van der Waals surface area contributed by atoms with Gasteiger partial charge in [-0.1, -0.05) is 24.8 Å². The van der Waals surface area contributed by atoms with E-state index >= 15 is 0 Å². The minimum atomic E-state index is -1.02. The van der Waals surface area contributed by atoms with Gasteiger partial charge in [0.2, 0.25) is 5.91 Å². The molecule has 0 aliphatic heterocycles. The molecule has 1 N–H and O–H groups in total. The number of pyridine rings is 1. The molecule has 0 spiro atoms. The quantitative estimate of drug-likeness (QED) is 0.685. The number of halogens is 1. The van der Waals surface area contributed by atoms with Gasteiger partial charge in [-0.05, 0) is 30.2 Å². The molecule has 4 rings (SSSR count). The highest BCUT2D eigenvalue weighted by molar-refractivity contribution is 7.22. The first-order chi connectivity index (χ1) is 11.7. The Bertz CT molecular complexity index is 994. The summed E-state index contributed by atoms with van der Waals surface area (Å²) in [6.07, 6.45) is 2.52. The molecule has 5 nitrogen and oxygen atoms in total. The van der Waals surface area contributed by atoms with Crippen molar-refractivity contribution in [3.05, 3.63) is 48.1 Å². The van der Waals surface area contributed by atoms with Crippen LogP contribution in [0.2, 0.25) is 0 Å². The molecule has 126 valence electrons. The number of nitrogens with one attached hydrogen (secondary N) is 1. The number of amides is 1. The molecule has 0 radical (unpaired) electrons. The monoisotopic (exact) mass is 354 g/mol. The Morgan fingerprint density at radius 1 is 1.40 bits per heavy atom. The third-order valence-corrected chi connectivity index (χ3v) is 4.83.